The van der Waals surface area contributed by atoms with Crippen molar-refractivity contribution in [1.29, 1.82) is 0 Å². The highest BCUT2D eigenvalue weighted by molar-refractivity contribution is 5.26. The fourth-order valence-corrected chi connectivity index (χ4v) is 4.95. The molecule has 0 aromatic heterocycles. The van der Waals surface area contributed by atoms with Crippen molar-refractivity contribution in [2.45, 2.75) is 117 Å². The number of benzene rings is 1. The quantitative estimate of drug-likeness (QED) is 0.177. The van der Waals surface area contributed by atoms with Crippen LogP contribution in [0.3, 0.4) is 0 Å². The van der Waals surface area contributed by atoms with Crippen LogP contribution in [0.15, 0.2) is 24.3 Å². The molecule has 0 heterocycles. The average Bonchev–Trinajstić information content (AvgIpc) is 2.94. The zero-order chi connectivity index (χ0) is 37.1. The lowest BCUT2D eigenvalue weighted by molar-refractivity contribution is -0.475. The van der Waals surface area contributed by atoms with Crippen molar-refractivity contribution in [3.05, 3.63) is 35.4 Å². The first-order valence-corrected chi connectivity index (χ1v) is 13.3. The van der Waals surface area contributed by atoms with E-state index in [0.29, 0.717) is 12.0 Å². The van der Waals surface area contributed by atoms with Crippen LogP contribution in [-0.2, 0) is 6.42 Å². The number of hydrogen-bond acceptors (Lipinski definition) is 0. The molecule has 1 saturated carbocycles. The third kappa shape index (κ3) is 6.00. The van der Waals surface area contributed by atoms with Gasteiger partial charge in [-0.05, 0) is 55.6 Å². The third-order valence-corrected chi connectivity index (χ3v) is 8.05. The molecule has 1 aromatic carbocycles. The van der Waals surface area contributed by atoms with E-state index in [1.54, 1.807) is 12.1 Å². The molecule has 1 fully saturated rings. The molecule has 1 aliphatic rings. The van der Waals surface area contributed by atoms with E-state index < -0.39 is 97.0 Å². The highest BCUT2D eigenvalue weighted by Crippen LogP contribution is 2.67. The molecule has 0 amide bonds. The molecule has 0 bridgehead atoms. The van der Waals surface area contributed by atoms with Crippen LogP contribution in [0, 0.1) is 5.92 Å². The molecule has 274 valence electrons. The topological polar surface area (TPSA) is 0 Å². The first-order chi connectivity index (χ1) is 20.8. The van der Waals surface area contributed by atoms with Gasteiger partial charge >= 0.3 is 59.5 Å². The molecule has 47 heavy (non-hydrogen) atoms. The Morgan fingerprint density at radius 3 is 1.15 bits per heavy atom. The van der Waals surface area contributed by atoms with E-state index >= 15 is 0 Å². The summed E-state index contributed by atoms with van der Waals surface area (Å²) >= 11 is 0. The van der Waals surface area contributed by atoms with E-state index in [9.17, 15) is 92.2 Å². The number of halogens is 21. The van der Waals surface area contributed by atoms with Crippen LogP contribution in [0.5, 0.6) is 0 Å². The maximum absolute atomic E-state index is 14.7. The van der Waals surface area contributed by atoms with Crippen LogP contribution in [0.4, 0.5) is 92.2 Å². The van der Waals surface area contributed by atoms with Crippen molar-refractivity contribution in [3.8, 4) is 0 Å². The highest BCUT2D eigenvalue weighted by atomic mass is 19.4. The summed E-state index contributed by atoms with van der Waals surface area (Å²) < 4.78 is 287. The van der Waals surface area contributed by atoms with E-state index in [1.807, 2.05) is 6.92 Å². The molecule has 0 nitrogen and oxygen atoms in total. The van der Waals surface area contributed by atoms with E-state index in [0.717, 1.165) is 18.4 Å². The van der Waals surface area contributed by atoms with Gasteiger partial charge in [0.05, 0.1) is 0 Å². The minimum Gasteiger partial charge on any atom is -0.199 e. The van der Waals surface area contributed by atoms with Crippen LogP contribution in [0.25, 0.3) is 0 Å². The molecule has 0 aliphatic heterocycles. The second kappa shape index (κ2) is 12.3. The Bertz CT molecular complexity index is 1200. The fourth-order valence-electron chi connectivity index (χ4n) is 4.95. The maximum Gasteiger partial charge on any atom is 0.460 e. The number of hydrogen-bond donors (Lipinski definition) is 0. The molecule has 0 radical (unpaired) electrons. The van der Waals surface area contributed by atoms with Crippen LogP contribution < -0.4 is 0 Å². The van der Waals surface area contributed by atoms with Gasteiger partial charge in [0.25, 0.3) is 0 Å². The molecule has 1 aliphatic carbocycles. The summed E-state index contributed by atoms with van der Waals surface area (Å²) in [7, 11) is 0. The van der Waals surface area contributed by atoms with Gasteiger partial charge in [0.2, 0.25) is 0 Å². The van der Waals surface area contributed by atoms with Crippen molar-refractivity contribution in [2.75, 3.05) is 0 Å². The zero-order valence-electron chi connectivity index (χ0n) is 23.4. The van der Waals surface area contributed by atoms with Crippen molar-refractivity contribution in [2.24, 2.45) is 5.92 Å². The van der Waals surface area contributed by atoms with E-state index in [1.165, 1.54) is 12.1 Å². The Labute approximate surface area is 251 Å². The molecule has 0 N–H and O–H groups in total. The molecule has 0 saturated heterocycles. The molecule has 0 atom stereocenters. The summed E-state index contributed by atoms with van der Waals surface area (Å²) in [6.45, 7) is 1.90. The highest BCUT2D eigenvalue weighted by Gasteiger charge is 2.98. The summed E-state index contributed by atoms with van der Waals surface area (Å²) in [4.78, 5) is 0. The van der Waals surface area contributed by atoms with Crippen molar-refractivity contribution < 1.29 is 92.2 Å². The van der Waals surface area contributed by atoms with Gasteiger partial charge in [-0.15, -0.1) is 0 Å². The first kappa shape index (κ1) is 40.9. The summed E-state index contributed by atoms with van der Waals surface area (Å²) in [6.07, 6.45) is -9.21. The normalized spacial score (nSPS) is 20.5. The Morgan fingerprint density at radius 2 is 0.809 bits per heavy atom. The lowest BCUT2D eigenvalue weighted by atomic mass is 9.73. The minimum atomic E-state index is -9.15. The zero-order valence-corrected chi connectivity index (χ0v) is 23.4. The Kier molecular flexibility index (Phi) is 10.7. The molecular weight excluding hydrogens is 711 g/mol. The molecule has 0 spiro atoms. The van der Waals surface area contributed by atoms with Gasteiger partial charge in [0.15, 0.2) is 0 Å². The fraction of sp³-hybridized carbons (Fsp3) is 0.769. The largest absolute Gasteiger partial charge is 0.460 e. The second-order valence-corrected chi connectivity index (χ2v) is 11.1. The number of aryl methyl sites for hydroxylation is 1. The first-order valence-electron chi connectivity index (χ1n) is 13.3. The van der Waals surface area contributed by atoms with Crippen molar-refractivity contribution in [3.63, 3.8) is 0 Å². The van der Waals surface area contributed by atoms with Gasteiger partial charge in [-0.2, -0.15) is 92.2 Å². The Morgan fingerprint density at radius 1 is 0.468 bits per heavy atom. The monoisotopic (exact) mass is 734 g/mol. The molecule has 1 aromatic rings. The summed E-state index contributed by atoms with van der Waals surface area (Å²) in [6, 6.07) is 6.29. The van der Waals surface area contributed by atoms with E-state index in [2.05, 4.69) is 0 Å². The summed E-state index contributed by atoms with van der Waals surface area (Å²) in [5.41, 5.74) is 1.28. The molecule has 0 unspecified atom stereocenters. The number of alkyl halides is 21. The van der Waals surface area contributed by atoms with Gasteiger partial charge in [0.1, 0.15) is 0 Å². The summed E-state index contributed by atoms with van der Waals surface area (Å²) in [5, 5.41) is 0. The van der Waals surface area contributed by atoms with Gasteiger partial charge in [-0.1, -0.05) is 37.6 Å². The standard InChI is InChI=1S/C26H23F21/c1-2-3-4-13-5-7-14(8-6-13)15-9-11-16(12-10-15)17(27,28)18(29,30)19(31,32)20(33,34)21(35,36)22(37,38)23(39,40)24(41,42)25(43,44)26(45,46)47/h5-8,15-16H,2-4,9-12H2,1H3. The third-order valence-electron chi connectivity index (χ3n) is 8.05. The van der Waals surface area contributed by atoms with Crippen molar-refractivity contribution in [1.82, 2.24) is 0 Å². The lowest BCUT2D eigenvalue weighted by Gasteiger charge is -2.46. The smallest absolute Gasteiger partial charge is 0.199 e. The second-order valence-electron chi connectivity index (χ2n) is 11.1. The van der Waals surface area contributed by atoms with Gasteiger partial charge in [-0.3, -0.25) is 0 Å². The number of rotatable bonds is 13. The Balaban J connectivity index is 2.43. The maximum atomic E-state index is 14.7. The van der Waals surface area contributed by atoms with E-state index in [4.69, 9.17) is 0 Å². The van der Waals surface area contributed by atoms with Crippen LogP contribution in [-0.4, -0.2) is 59.5 Å². The lowest BCUT2D eigenvalue weighted by Crippen LogP contribution is -2.77. The molecular formula is C26H23F21. The predicted molar refractivity (Wildman–Crippen MR) is 120 cm³/mol. The number of unbranched alkanes of at least 4 members (excludes halogenated alkanes) is 1. The average molecular weight is 734 g/mol. The predicted octanol–water partition coefficient (Wildman–Crippen LogP) is 11.6. The Hall–Kier alpha value is -2.25. The SMILES string of the molecule is CCCCc1ccc(C2CCC(C(F)(F)C(F)(F)C(F)(F)C(F)(F)C(F)(F)C(F)(F)C(F)(F)C(F)(F)C(F)(F)C(F)(F)F)CC2)cc1. The van der Waals surface area contributed by atoms with Crippen LogP contribution in [0.1, 0.15) is 62.5 Å². The van der Waals surface area contributed by atoms with Gasteiger partial charge in [0, 0.05) is 5.92 Å². The minimum absolute atomic E-state index is 0.436. The van der Waals surface area contributed by atoms with Crippen LogP contribution >= 0.6 is 0 Å². The van der Waals surface area contributed by atoms with E-state index in [-0.39, 0.29) is 0 Å². The van der Waals surface area contributed by atoms with Gasteiger partial charge < -0.3 is 0 Å². The van der Waals surface area contributed by atoms with Gasteiger partial charge in [-0.25, -0.2) is 0 Å². The van der Waals surface area contributed by atoms with Crippen molar-refractivity contribution >= 4 is 0 Å². The molecule has 2 rings (SSSR count). The summed E-state index contributed by atoms with van der Waals surface area (Å²) in [5.74, 6) is -80.3. The van der Waals surface area contributed by atoms with Crippen LogP contribution in [0.2, 0.25) is 0 Å². The molecule has 21 heteroatoms.